The third-order valence-electron chi connectivity index (χ3n) is 4.19. The zero-order valence-electron chi connectivity index (χ0n) is 13.7. The fourth-order valence-corrected chi connectivity index (χ4v) is 2.93. The van der Waals surface area contributed by atoms with E-state index in [0.717, 1.165) is 36.1 Å². The summed E-state index contributed by atoms with van der Waals surface area (Å²) in [6.45, 7) is 0. The average Bonchev–Trinajstić information content (AvgIpc) is 2.57. The van der Waals surface area contributed by atoms with Gasteiger partial charge < -0.3 is 16.2 Å². The number of amides is 2. The molecule has 0 radical (unpaired) electrons. The largest absolute Gasteiger partial charge is 0.465 e. The zero-order chi connectivity index (χ0) is 17.8. The molecule has 1 aromatic heterocycles. The molecule has 0 saturated carbocycles. The first-order valence-electron chi connectivity index (χ1n) is 8.18. The molecule has 0 unspecified atom stereocenters. The van der Waals surface area contributed by atoms with E-state index in [1.54, 1.807) is 24.4 Å². The van der Waals surface area contributed by atoms with Gasteiger partial charge in [-0.1, -0.05) is 12.5 Å². The van der Waals surface area contributed by atoms with Crippen molar-refractivity contribution >= 4 is 23.4 Å². The van der Waals surface area contributed by atoms with E-state index in [0.29, 0.717) is 17.8 Å². The van der Waals surface area contributed by atoms with Gasteiger partial charge in [-0.25, -0.2) is 4.79 Å². The molecule has 1 aromatic carbocycles. The predicted octanol–water partition coefficient (Wildman–Crippen LogP) is 3.35. The maximum Gasteiger partial charge on any atom is 0.409 e. The molecule has 0 fully saturated rings. The SMILES string of the molecule is N[C@H]1CCCCC(=O)Nc2cc(NC(=O)O)ccc2-c2ccnc1c2. The van der Waals surface area contributed by atoms with Crippen molar-refractivity contribution in [2.75, 3.05) is 10.6 Å². The van der Waals surface area contributed by atoms with Crippen LogP contribution in [-0.2, 0) is 4.79 Å². The number of carbonyl (C=O) groups is 2. The highest BCUT2D eigenvalue weighted by atomic mass is 16.4. The van der Waals surface area contributed by atoms with E-state index in [9.17, 15) is 9.59 Å². The van der Waals surface area contributed by atoms with Gasteiger partial charge in [0, 0.05) is 29.9 Å². The molecular formula is C18H20N4O3. The van der Waals surface area contributed by atoms with E-state index in [1.807, 2.05) is 12.1 Å². The van der Waals surface area contributed by atoms with Gasteiger partial charge in [-0.05, 0) is 42.7 Å². The molecule has 25 heavy (non-hydrogen) atoms. The molecular weight excluding hydrogens is 320 g/mol. The lowest BCUT2D eigenvalue weighted by Crippen LogP contribution is -2.16. The van der Waals surface area contributed by atoms with Gasteiger partial charge in [0.2, 0.25) is 5.91 Å². The Hall–Kier alpha value is -2.93. The summed E-state index contributed by atoms with van der Waals surface area (Å²) >= 11 is 0. The standard InChI is InChI=1S/C18H20N4O3/c19-14-3-1-2-4-17(23)22-15-10-12(21-18(24)25)5-6-13(15)11-7-8-20-16(14)9-11/h5-10,14,21H,1-4,19H2,(H,22,23)(H,24,25)/t14-/m0/s1. The van der Waals surface area contributed by atoms with Crippen molar-refractivity contribution < 1.29 is 14.7 Å². The molecule has 2 amide bonds. The first-order chi connectivity index (χ1) is 12.0. The van der Waals surface area contributed by atoms with Crippen molar-refractivity contribution in [3.8, 4) is 11.1 Å². The molecule has 3 rings (SSSR count). The minimum Gasteiger partial charge on any atom is -0.465 e. The maximum atomic E-state index is 12.2. The molecule has 2 aromatic rings. The van der Waals surface area contributed by atoms with Crippen molar-refractivity contribution in [1.82, 2.24) is 4.98 Å². The third kappa shape index (κ3) is 4.13. The number of rotatable bonds is 1. The van der Waals surface area contributed by atoms with Crippen LogP contribution in [0.1, 0.15) is 37.4 Å². The molecule has 1 atom stereocenters. The normalized spacial score (nSPS) is 17.5. The van der Waals surface area contributed by atoms with Crippen LogP contribution in [0.3, 0.4) is 0 Å². The summed E-state index contributed by atoms with van der Waals surface area (Å²) in [6, 6.07) is 8.65. The van der Waals surface area contributed by atoms with Crippen LogP contribution in [0.15, 0.2) is 36.5 Å². The Bertz CT molecular complexity index is 807. The van der Waals surface area contributed by atoms with E-state index < -0.39 is 6.09 Å². The van der Waals surface area contributed by atoms with E-state index >= 15 is 0 Å². The van der Waals surface area contributed by atoms with Crippen LogP contribution in [-0.4, -0.2) is 22.1 Å². The topological polar surface area (TPSA) is 117 Å². The van der Waals surface area contributed by atoms with Crippen LogP contribution in [0.4, 0.5) is 16.2 Å². The molecule has 1 aliphatic rings. The third-order valence-corrected chi connectivity index (χ3v) is 4.19. The lowest BCUT2D eigenvalue weighted by molar-refractivity contribution is -0.116. The van der Waals surface area contributed by atoms with Crippen molar-refractivity contribution in [1.29, 1.82) is 0 Å². The Morgan fingerprint density at radius 3 is 2.92 bits per heavy atom. The van der Waals surface area contributed by atoms with E-state index in [-0.39, 0.29) is 11.9 Å². The number of pyridine rings is 1. The molecule has 7 nitrogen and oxygen atoms in total. The van der Waals surface area contributed by atoms with Crippen LogP contribution in [0, 0.1) is 0 Å². The zero-order valence-corrected chi connectivity index (χ0v) is 13.7. The Labute approximate surface area is 145 Å². The average molecular weight is 340 g/mol. The van der Waals surface area contributed by atoms with Gasteiger partial charge in [0.15, 0.2) is 0 Å². The molecule has 5 N–H and O–H groups in total. The first-order valence-corrected chi connectivity index (χ1v) is 8.18. The Kier molecular flexibility index (Phi) is 4.95. The molecule has 0 aliphatic carbocycles. The number of benzene rings is 1. The summed E-state index contributed by atoms with van der Waals surface area (Å²) in [4.78, 5) is 27.4. The number of aromatic nitrogens is 1. The highest BCUT2D eigenvalue weighted by Crippen LogP contribution is 2.32. The fourth-order valence-electron chi connectivity index (χ4n) is 2.93. The van der Waals surface area contributed by atoms with Crippen LogP contribution in [0.5, 0.6) is 0 Å². The van der Waals surface area contributed by atoms with Crippen molar-refractivity contribution in [3.05, 3.63) is 42.2 Å². The monoisotopic (exact) mass is 340 g/mol. The second-order valence-corrected chi connectivity index (χ2v) is 6.06. The number of carboxylic acid groups (broad SMARTS) is 1. The lowest BCUT2D eigenvalue weighted by atomic mass is 9.98. The highest BCUT2D eigenvalue weighted by Gasteiger charge is 2.15. The van der Waals surface area contributed by atoms with Crippen LogP contribution >= 0.6 is 0 Å². The van der Waals surface area contributed by atoms with Gasteiger partial charge in [-0.2, -0.15) is 0 Å². The molecule has 1 aliphatic heterocycles. The number of hydrogen-bond donors (Lipinski definition) is 4. The van der Waals surface area contributed by atoms with E-state index in [1.165, 1.54) is 0 Å². The number of nitrogens with one attached hydrogen (secondary N) is 2. The smallest absolute Gasteiger partial charge is 0.409 e. The fraction of sp³-hybridized carbons (Fsp3) is 0.278. The van der Waals surface area contributed by atoms with Crippen molar-refractivity contribution in [2.24, 2.45) is 5.73 Å². The summed E-state index contributed by atoms with van der Waals surface area (Å²) in [5.74, 6) is -0.0999. The second kappa shape index (κ2) is 7.31. The van der Waals surface area contributed by atoms with E-state index in [4.69, 9.17) is 10.8 Å². The summed E-state index contributed by atoms with van der Waals surface area (Å²) in [6.07, 6.45) is 3.29. The van der Waals surface area contributed by atoms with Crippen LogP contribution in [0.2, 0.25) is 0 Å². The molecule has 130 valence electrons. The van der Waals surface area contributed by atoms with Gasteiger partial charge in [-0.3, -0.25) is 15.1 Å². The number of anilines is 2. The Morgan fingerprint density at radius 2 is 2.12 bits per heavy atom. The molecule has 2 bridgehead atoms. The number of hydrogen-bond acceptors (Lipinski definition) is 4. The van der Waals surface area contributed by atoms with Gasteiger partial charge in [0.1, 0.15) is 0 Å². The second-order valence-electron chi connectivity index (χ2n) is 6.06. The Balaban J connectivity index is 2.08. The number of carbonyl (C=O) groups excluding carboxylic acids is 1. The highest BCUT2D eigenvalue weighted by molar-refractivity contribution is 5.97. The number of nitrogens with two attached hydrogens (primary N) is 1. The summed E-state index contributed by atoms with van der Waals surface area (Å²) < 4.78 is 0. The molecule has 0 spiro atoms. The summed E-state index contributed by atoms with van der Waals surface area (Å²) in [7, 11) is 0. The maximum absolute atomic E-state index is 12.2. The van der Waals surface area contributed by atoms with Gasteiger partial charge >= 0.3 is 6.09 Å². The summed E-state index contributed by atoms with van der Waals surface area (Å²) in [5.41, 5.74) is 9.64. The molecule has 2 heterocycles. The van der Waals surface area contributed by atoms with Gasteiger partial charge in [0.05, 0.1) is 11.4 Å². The van der Waals surface area contributed by atoms with E-state index in [2.05, 4.69) is 15.6 Å². The minimum absolute atomic E-state index is 0.0999. The quantitative estimate of drug-likeness (QED) is 0.635. The molecule has 7 heteroatoms. The van der Waals surface area contributed by atoms with Crippen molar-refractivity contribution in [2.45, 2.75) is 31.7 Å². The molecule has 0 saturated heterocycles. The number of fused-ring (bicyclic) bond motifs is 4. The van der Waals surface area contributed by atoms with Crippen LogP contribution < -0.4 is 16.4 Å². The van der Waals surface area contributed by atoms with Gasteiger partial charge in [-0.15, -0.1) is 0 Å². The predicted molar refractivity (Wildman–Crippen MR) is 95.3 cm³/mol. The Morgan fingerprint density at radius 1 is 1.28 bits per heavy atom. The number of nitrogens with zero attached hydrogens (tertiary/aromatic N) is 1. The summed E-state index contributed by atoms with van der Waals surface area (Å²) in [5, 5.41) is 14.1. The van der Waals surface area contributed by atoms with Gasteiger partial charge in [0.25, 0.3) is 0 Å². The van der Waals surface area contributed by atoms with Crippen LogP contribution in [0.25, 0.3) is 11.1 Å². The van der Waals surface area contributed by atoms with Crippen molar-refractivity contribution in [3.63, 3.8) is 0 Å². The minimum atomic E-state index is -1.16. The first kappa shape index (κ1) is 16.9. The lowest BCUT2D eigenvalue weighted by Gasteiger charge is -2.17.